The van der Waals surface area contributed by atoms with Crippen LogP contribution in [0.15, 0.2) is 90.0 Å². The van der Waals surface area contributed by atoms with Gasteiger partial charge in [-0.25, -0.2) is 10.2 Å². The van der Waals surface area contributed by atoms with Crippen molar-refractivity contribution in [3.05, 3.63) is 107 Å². The van der Waals surface area contributed by atoms with Gasteiger partial charge in [0.05, 0.1) is 22.4 Å². The fourth-order valence-electron chi connectivity index (χ4n) is 3.05. The van der Waals surface area contributed by atoms with E-state index in [1.165, 1.54) is 12.3 Å². The summed E-state index contributed by atoms with van der Waals surface area (Å²) in [7, 11) is 0. The molecule has 0 aliphatic heterocycles. The lowest BCUT2D eigenvalue weighted by Crippen LogP contribution is -2.17. The van der Waals surface area contributed by atoms with Crippen molar-refractivity contribution < 1.29 is 19.4 Å². The van der Waals surface area contributed by atoms with E-state index in [2.05, 4.69) is 10.5 Å². The number of halogens is 1. The fraction of sp³-hybridized carbons (Fsp3) is 0. The Bertz CT molecular complexity index is 1330. The summed E-state index contributed by atoms with van der Waals surface area (Å²) in [6.07, 6.45) is 1.44. The van der Waals surface area contributed by atoms with Gasteiger partial charge in [0, 0.05) is 0 Å². The molecule has 2 N–H and O–H groups in total. The summed E-state index contributed by atoms with van der Waals surface area (Å²) in [4.78, 5) is 24.6. The topological polar surface area (TPSA) is 88.0 Å². The molecule has 4 aromatic rings. The SMILES string of the molecule is O=C(NN=Cc1ccc(OC(=O)c2ccccc2Cl)cc1)c1cc2ccccc2cc1O. The molecule has 0 fully saturated rings. The molecule has 0 spiro atoms. The summed E-state index contributed by atoms with van der Waals surface area (Å²) in [6.45, 7) is 0. The van der Waals surface area contributed by atoms with Crippen LogP contribution in [0.4, 0.5) is 0 Å². The van der Waals surface area contributed by atoms with E-state index in [1.807, 2.05) is 24.3 Å². The first-order chi connectivity index (χ1) is 15.5. The van der Waals surface area contributed by atoms with E-state index in [9.17, 15) is 14.7 Å². The zero-order valence-electron chi connectivity index (χ0n) is 16.7. The highest BCUT2D eigenvalue weighted by molar-refractivity contribution is 6.33. The second-order valence-electron chi connectivity index (χ2n) is 6.85. The molecule has 0 saturated heterocycles. The lowest BCUT2D eigenvalue weighted by atomic mass is 10.1. The number of benzene rings is 4. The van der Waals surface area contributed by atoms with Gasteiger partial charge in [-0.1, -0.05) is 48.0 Å². The van der Waals surface area contributed by atoms with E-state index in [0.29, 0.717) is 16.3 Å². The number of nitrogens with zero attached hydrogens (tertiary/aromatic N) is 1. The molecule has 0 atom stereocenters. The minimum atomic E-state index is -0.556. The van der Waals surface area contributed by atoms with E-state index >= 15 is 0 Å². The second kappa shape index (κ2) is 9.32. The summed E-state index contributed by atoms with van der Waals surface area (Å²) < 4.78 is 5.32. The van der Waals surface area contributed by atoms with Gasteiger partial charge in [-0.15, -0.1) is 0 Å². The van der Waals surface area contributed by atoms with Crippen LogP contribution in [0.3, 0.4) is 0 Å². The Balaban J connectivity index is 1.39. The minimum absolute atomic E-state index is 0.124. The van der Waals surface area contributed by atoms with Gasteiger partial charge in [0.15, 0.2) is 0 Å². The smallest absolute Gasteiger partial charge is 0.345 e. The Labute approximate surface area is 188 Å². The number of hydrogen-bond acceptors (Lipinski definition) is 5. The highest BCUT2D eigenvalue weighted by Crippen LogP contribution is 2.25. The molecule has 0 saturated carbocycles. The van der Waals surface area contributed by atoms with E-state index < -0.39 is 11.9 Å². The predicted octanol–water partition coefficient (Wildman–Crippen LogP) is 5.18. The van der Waals surface area contributed by atoms with Crippen LogP contribution in [0.2, 0.25) is 5.02 Å². The first-order valence-electron chi connectivity index (χ1n) is 9.63. The number of ether oxygens (including phenoxy) is 1. The average molecular weight is 445 g/mol. The van der Waals surface area contributed by atoms with Crippen LogP contribution < -0.4 is 10.2 Å². The molecular weight excluding hydrogens is 428 g/mol. The molecule has 1 amide bonds. The van der Waals surface area contributed by atoms with Crippen LogP contribution in [0.5, 0.6) is 11.5 Å². The van der Waals surface area contributed by atoms with E-state index in [-0.39, 0.29) is 16.9 Å². The maximum atomic E-state index is 12.4. The number of fused-ring (bicyclic) bond motifs is 1. The maximum Gasteiger partial charge on any atom is 0.345 e. The average Bonchev–Trinajstić information content (AvgIpc) is 2.80. The van der Waals surface area contributed by atoms with Gasteiger partial charge < -0.3 is 9.84 Å². The van der Waals surface area contributed by atoms with Crippen molar-refractivity contribution in [2.24, 2.45) is 5.10 Å². The number of carbonyl (C=O) groups excluding carboxylic acids is 2. The van der Waals surface area contributed by atoms with Crippen molar-refractivity contribution in [2.45, 2.75) is 0 Å². The Morgan fingerprint density at radius 2 is 1.53 bits per heavy atom. The van der Waals surface area contributed by atoms with Gasteiger partial charge in [-0.2, -0.15) is 5.10 Å². The number of amides is 1. The zero-order chi connectivity index (χ0) is 22.5. The maximum absolute atomic E-state index is 12.4. The van der Waals surface area contributed by atoms with Crippen molar-refractivity contribution in [1.82, 2.24) is 5.43 Å². The van der Waals surface area contributed by atoms with Crippen molar-refractivity contribution in [2.75, 3.05) is 0 Å². The van der Waals surface area contributed by atoms with Crippen LogP contribution in [0.25, 0.3) is 10.8 Å². The molecule has 7 heteroatoms. The molecule has 0 heterocycles. The normalized spacial score (nSPS) is 10.9. The van der Waals surface area contributed by atoms with Gasteiger partial charge in [0.2, 0.25) is 0 Å². The van der Waals surface area contributed by atoms with Gasteiger partial charge in [0.25, 0.3) is 5.91 Å². The zero-order valence-corrected chi connectivity index (χ0v) is 17.4. The molecule has 4 aromatic carbocycles. The third kappa shape index (κ3) is 4.77. The summed E-state index contributed by atoms with van der Waals surface area (Å²) >= 11 is 6.01. The number of aromatic hydroxyl groups is 1. The minimum Gasteiger partial charge on any atom is -0.507 e. The monoisotopic (exact) mass is 444 g/mol. The number of carbonyl (C=O) groups is 2. The Kier molecular flexibility index (Phi) is 6.14. The third-order valence-corrected chi connectivity index (χ3v) is 5.00. The highest BCUT2D eigenvalue weighted by atomic mass is 35.5. The molecule has 32 heavy (non-hydrogen) atoms. The molecule has 0 radical (unpaired) electrons. The summed E-state index contributed by atoms with van der Waals surface area (Å²) in [5, 5.41) is 16.0. The van der Waals surface area contributed by atoms with Gasteiger partial charge in [-0.3, -0.25) is 4.79 Å². The highest BCUT2D eigenvalue weighted by Gasteiger charge is 2.13. The number of hydrogen-bond donors (Lipinski definition) is 2. The standard InChI is InChI=1S/C25H17ClN2O4/c26-22-8-4-3-7-20(22)25(31)32-19-11-9-16(10-12-19)15-27-28-24(30)21-13-17-5-1-2-6-18(17)14-23(21)29/h1-15,29H,(H,28,30). The largest absolute Gasteiger partial charge is 0.507 e. The van der Waals surface area contributed by atoms with Crippen LogP contribution in [0.1, 0.15) is 26.3 Å². The van der Waals surface area contributed by atoms with Crippen molar-refractivity contribution in [3.63, 3.8) is 0 Å². The molecule has 0 aliphatic rings. The number of phenols is 1. The summed E-state index contributed by atoms with van der Waals surface area (Å²) in [6, 6.07) is 23.8. The van der Waals surface area contributed by atoms with Gasteiger partial charge >= 0.3 is 5.97 Å². The summed E-state index contributed by atoms with van der Waals surface area (Å²) in [5.74, 6) is -0.868. The van der Waals surface area contributed by atoms with Crippen LogP contribution in [-0.4, -0.2) is 23.2 Å². The van der Waals surface area contributed by atoms with E-state index in [0.717, 1.165) is 10.8 Å². The van der Waals surface area contributed by atoms with Crippen molar-refractivity contribution in [3.8, 4) is 11.5 Å². The number of hydrazone groups is 1. The van der Waals surface area contributed by atoms with Gasteiger partial charge in [-0.05, 0) is 64.9 Å². The lowest BCUT2D eigenvalue weighted by Gasteiger charge is -2.06. The Morgan fingerprint density at radius 1 is 0.875 bits per heavy atom. The molecule has 0 bridgehead atoms. The summed E-state index contributed by atoms with van der Waals surface area (Å²) in [5.41, 5.74) is 3.47. The molecule has 0 unspecified atom stereocenters. The molecule has 4 rings (SSSR count). The Hall–Kier alpha value is -4.16. The molecule has 0 aromatic heterocycles. The van der Waals surface area contributed by atoms with Crippen LogP contribution in [0, 0.1) is 0 Å². The van der Waals surface area contributed by atoms with Crippen molar-refractivity contribution >= 4 is 40.5 Å². The second-order valence-corrected chi connectivity index (χ2v) is 7.26. The quantitative estimate of drug-likeness (QED) is 0.192. The van der Waals surface area contributed by atoms with Crippen LogP contribution in [-0.2, 0) is 0 Å². The molecule has 158 valence electrons. The number of phenolic OH excluding ortho intramolecular Hbond substituents is 1. The third-order valence-electron chi connectivity index (χ3n) is 4.67. The first-order valence-corrected chi connectivity index (χ1v) is 10.0. The van der Waals surface area contributed by atoms with Crippen molar-refractivity contribution in [1.29, 1.82) is 0 Å². The predicted molar refractivity (Wildman–Crippen MR) is 124 cm³/mol. The van der Waals surface area contributed by atoms with E-state index in [4.69, 9.17) is 16.3 Å². The molecule has 6 nitrogen and oxygen atoms in total. The molecule has 0 aliphatic carbocycles. The van der Waals surface area contributed by atoms with E-state index in [1.54, 1.807) is 54.6 Å². The Morgan fingerprint density at radius 3 is 2.25 bits per heavy atom. The first kappa shape index (κ1) is 21.1. The number of rotatable bonds is 5. The number of esters is 1. The van der Waals surface area contributed by atoms with Crippen LogP contribution >= 0.6 is 11.6 Å². The number of nitrogens with one attached hydrogen (secondary N) is 1. The fourth-order valence-corrected chi connectivity index (χ4v) is 3.26. The molecular formula is C25H17ClN2O4. The van der Waals surface area contributed by atoms with Gasteiger partial charge in [0.1, 0.15) is 11.5 Å². The lowest BCUT2D eigenvalue weighted by molar-refractivity contribution is 0.0734.